The van der Waals surface area contributed by atoms with E-state index in [0.29, 0.717) is 0 Å². The first-order valence-electron chi connectivity index (χ1n) is 6.54. The molecule has 3 atom stereocenters. The molecule has 0 radical (unpaired) electrons. The van der Waals surface area contributed by atoms with Crippen LogP contribution < -0.4 is 11.4 Å². The lowest BCUT2D eigenvalue weighted by Crippen LogP contribution is -2.35. The second-order valence-electron chi connectivity index (χ2n) is 4.75. The highest BCUT2D eigenvalue weighted by Crippen LogP contribution is 2.25. The molecule has 1 fully saturated rings. The molecule has 0 bridgehead atoms. The van der Waals surface area contributed by atoms with E-state index in [1.54, 1.807) is 0 Å². The Morgan fingerprint density at radius 2 is 2.09 bits per heavy atom. The number of anilines is 1. The second-order valence-corrected chi connectivity index (χ2v) is 4.75. The van der Waals surface area contributed by atoms with Gasteiger partial charge in [0.15, 0.2) is 0 Å². The Balaban J connectivity index is 2.12. The van der Waals surface area contributed by atoms with Gasteiger partial charge in [-0.25, -0.2) is 9.78 Å². The predicted octanol–water partition coefficient (Wildman–Crippen LogP) is -1.17. The number of ether oxygens (including phenoxy) is 3. The SMILES string of the molecule is CC(=O)OC1C[C@H](OC(C)=O)[C@@H](Cn2cnc(N)nc2=O)O1. The fourth-order valence-corrected chi connectivity index (χ4v) is 2.13. The summed E-state index contributed by atoms with van der Waals surface area (Å²) >= 11 is 0. The van der Waals surface area contributed by atoms with Gasteiger partial charge < -0.3 is 19.9 Å². The number of rotatable bonds is 4. The normalized spacial score (nSPS) is 24.0. The van der Waals surface area contributed by atoms with Gasteiger partial charge in [0.05, 0.1) is 6.54 Å². The first kappa shape index (κ1) is 15.9. The van der Waals surface area contributed by atoms with E-state index in [-0.39, 0.29) is 18.9 Å². The molecule has 1 aromatic heterocycles. The van der Waals surface area contributed by atoms with Crippen molar-refractivity contribution in [3.8, 4) is 0 Å². The Hall–Kier alpha value is -2.49. The average Bonchev–Trinajstić information content (AvgIpc) is 2.73. The number of nitrogen functional groups attached to an aromatic ring is 1. The molecule has 2 rings (SSSR count). The van der Waals surface area contributed by atoms with Crippen molar-refractivity contribution < 1.29 is 23.8 Å². The summed E-state index contributed by atoms with van der Waals surface area (Å²) in [7, 11) is 0. The minimum absolute atomic E-state index is 0.0365. The Morgan fingerprint density at radius 1 is 1.41 bits per heavy atom. The number of hydrogen-bond acceptors (Lipinski definition) is 9. The van der Waals surface area contributed by atoms with Crippen LogP contribution in [0.5, 0.6) is 0 Å². The van der Waals surface area contributed by atoms with Gasteiger partial charge >= 0.3 is 17.6 Å². The molecule has 0 amide bonds. The Morgan fingerprint density at radius 3 is 2.68 bits per heavy atom. The molecule has 1 aliphatic heterocycles. The first-order chi connectivity index (χ1) is 10.3. The third-order valence-electron chi connectivity index (χ3n) is 2.94. The first-order valence-corrected chi connectivity index (χ1v) is 6.54. The quantitative estimate of drug-likeness (QED) is 0.682. The molecule has 1 aliphatic rings. The van der Waals surface area contributed by atoms with Gasteiger partial charge in [-0.05, 0) is 0 Å². The third kappa shape index (κ3) is 4.01. The molecule has 1 saturated heterocycles. The minimum Gasteiger partial charge on any atom is -0.459 e. The molecule has 10 nitrogen and oxygen atoms in total. The van der Waals surface area contributed by atoms with Gasteiger partial charge in [0.2, 0.25) is 12.2 Å². The lowest BCUT2D eigenvalue weighted by molar-refractivity contribution is -0.174. The van der Waals surface area contributed by atoms with Crippen LogP contribution in [-0.2, 0) is 30.3 Å². The van der Waals surface area contributed by atoms with Gasteiger partial charge in [-0.15, -0.1) is 0 Å². The highest BCUT2D eigenvalue weighted by Gasteiger charge is 2.39. The molecular formula is C12H16N4O6. The van der Waals surface area contributed by atoms with Crippen molar-refractivity contribution in [1.29, 1.82) is 0 Å². The lowest BCUT2D eigenvalue weighted by atomic mass is 10.2. The average molecular weight is 312 g/mol. The molecule has 0 aliphatic carbocycles. The summed E-state index contributed by atoms with van der Waals surface area (Å²) < 4.78 is 16.8. The zero-order chi connectivity index (χ0) is 16.3. The van der Waals surface area contributed by atoms with Gasteiger partial charge in [-0.1, -0.05) is 0 Å². The predicted molar refractivity (Wildman–Crippen MR) is 71.3 cm³/mol. The highest BCUT2D eigenvalue weighted by atomic mass is 16.7. The van der Waals surface area contributed by atoms with Crippen LogP contribution in [0.2, 0.25) is 0 Å². The van der Waals surface area contributed by atoms with E-state index in [2.05, 4.69) is 9.97 Å². The van der Waals surface area contributed by atoms with Crippen LogP contribution in [0.15, 0.2) is 11.1 Å². The molecule has 1 aromatic rings. The number of nitrogens with two attached hydrogens (primary N) is 1. The van der Waals surface area contributed by atoms with E-state index in [0.717, 1.165) is 0 Å². The van der Waals surface area contributed by atoms with Gasteiger partial charge in [0.1, 0.15) is 18.5 Å². The summed E-state index contributed by atoms with van der Waals surface area (Å²) in [5.41, 5.74) is 4.71. The fraction of sp³-hybridized carbons (Fsp3) is 0.583. The summed E-state index contributed by atoms with van der Waals surface area (Å²) in [5.74, 6) is -1.15. The Kier molecular flexibility index (Phi) is 4.71. The summed E-state index contributed by atoms with van der Waals surface area (Å²) in [4.78, 5) is 41.0. The van der Waals surface area contributed by atoms with Crippen LogP contribution in [0.3, 0.4) is 0 Å². The van der Waals surface area contributed by atoms with Crippen molar-refractivity contribution in [1.82, 2.24) is 14.5 Å². The minimum atomic E-state index is -0.836. The maximum atomic E-state index is 11.7. The van der Waals surface area contributed by atoms with E-state index in [9.17, 15) is 14.4 Å². The van der Waals surface area contributed by atoms with Gasteiger partial charge in [-0.2, -0.15) is 4.98 Å². The summed E-state index contributed by atoms with van der Waals surface area (Å²) in [6.45, 7) is 2.54. The number of esters is 2. The fourth-order valence-electron chi connectivity index (χ4n) is 2.13. The topological polar surface area (TPSA) is 136 Å². The van der Waals surface area contributed by atoms with E-state index < -0.39 is 36.1 Å². The van der Waals surface area contributed by atoms with Crippen LogP contribution in [0.4, 0.5) is 5.95 Å². The van der Waals surface area contributed by atoms with Crippen molar-refractivity contribution in [3.63, 3.8) is 0 Å². The van der Waals surface area contributed by atoms with Gasteiger partial charge in [-0.3, -0.25) is 14.2 Å². The van der Waals surface area contributed by atoms with Crippen LogP contribution in [-0.4, -0.2) is 45.0 Å². The maximum absolute atomic E-state index is 11.7. The van der Waals surface area contributed by atoms with Crippen molar-refractivity contribution in [3.05, 3.63) is 16.8 Å². The Bertz CT molecular complexity index is 630. The number of carbonyl (C=O) groups excluding carboxylic acids is 2. The molecule has 2 N–H and O–H groups in total. The molecule has 1 unspecified atom stereocenters. The number of nitrogens with zero attached hydrogens (tertiary/aromatic N) is 3. The molecule has 120 valence electrons. The maximum Gasteiger partial charge on any atom is 0.352 e. The van der Waals surface area contributed by atoms with Crippen LogP contribution in [0, 0.1) is 0 Å². The number of aromatic nitrogens is 3. The van der Waals surface area contributed by atoms with Gasteiger partial charge in [0.25, 0.3) is 0 Å². The molecule has 22 heavy (non-hydrogen) atoms. The van der Waals surface area contributed by atoms with E-state index >= 15 is 0 Å². The summed E-state index contributed by atoms with van der Waals surface area (Å²) in [6.07, 6.45) is -0.742. The molecule has 0 saturated carbocycles. The standard InChI is InChI=1S/C12H16N4O6/c1-6(17)20-8-3-10(21-7(2)18)22-9(8)4-16-5-14-11(13)15-12(16)19/h5,8-10H,3-4H2,1-2H3,(H2,13,15,19)/t8-,9+,10?/m0/s1. The van der Waals surface area contributed by atoms with Crippen LogP contribution in [0.25, 0.3) is 0 Å². The third-order valence-corrected chi connectivity index (χ3v) is 2.94. The summed E-state index contributed by atoms with van der Waals surface area (Å²) in [5, 5.41) is 0. The molecule has 0 spiro atoms. The van der Waals surface area contributed by atoms with E-state index in [4.69, 9.17) is 19.9 Å². The van der Waals surface area contributed by atoms with Crippen molar-refractivity contribution in [2.45, 2.75) is 45.3 Å². The van der Waals surface area contributed by atoms with Crippen molar-refractivity contribution in [2.75, 3.05) is 5.73 Å². The monoisotopic (exact) mass is 312 g/mol. The zero-order valence-corrected chi connectivity index (χ0v) is 12.1. The highest BCUT2D eigenvalue weighted by molar-refractivity contribution is 5.66. The lowest BCUT2D eigenvalue weighted by Gasteiger charge is -2.18. The van der Waals surface area contributed by atoms with Crippen molar-refractivity contribution in [2.24, 2.45) is 0 Å². The van der Waals surface area contributed by atoms with E-state index in [1.165, 1.54) is 24.7 Å². The van der Waals surface area contributed by atoms with Crippen LogP contribution in [0.1, 0.15) is 20.3 Å². The van der Waals surface area contributed by atoms with Crippen LogP contribution >= 0.6 is 0 Å². The molecular weight excluding hydrogens is 296 g/mol. The molecule has 0 aromatic carbocycles. The van der Waals surface area contributed by atoms with Crippen molar-refractivity contribution >= 4 is 17.9 Å². The smallest absolute Gasteiger partial charge is 0.352 e. The number of hydrogen-bond donors (Lipinski definition) is 1. The number of carbonyl (C=O) groups is 2. The van der Waals surface area contributed by atoms with Gasteiger partial charge in [0, 0.05) is 20.3 Å². The van der Waals surface area contributed by atoms with E-state index in [1.807, 2.05) is 0 Å². The zero-order valence-electron chi connectivity index (χ0n) is 12.1. The second kappa shape index (κ2) is 6.52. The molecule has 2 heterocycles. The molecule has 10 heteroatoms. The largest absolute Gasteiger partial charge is 0.459 e. The Labute approximate surface area is 125 Å². The summed E-state index contributed by atoms with van der Waals surface area (Å²) in [6, 6.07) is 0.